The van der Waals surface area contributed by atoms with Gasteiger partial charge in [0, 0.05) is 11.0 Å². The topological polar surface area (TPSA) is 78.4 Å². The van der Waals surface area contributed by atoms with Gasteiger partial charge in [0.1, 0.15) is 0 Å². The van der Waals surface area contributed by atoms with E-state index in [0.717, 1.165) is 6.42 Å². The Kier molecular flexibility index (Phi) is 5.82. The highest BCUT2D eigenvalue weighted by atomic mass is 79.9. The van der Waals surface area contributed by atoms with Gasteiger partial charge in [-0.25, -0.2) is 9.59 Å². The molecule has 6 heteroatoms. The van der Waals surface area contributed by atoms with Crippen LogP contribution in [0.1, 0.15) is 30.6 Å². The number of amides is 2. The van der Waals surface area contributed by atoms with Crippen molar-refractivity contribution in [3.8, 4) is 0 Å². The average Bonchev–Trinajstić information content (AvgIpc) is 2.38. The van der Waals surface area contributed by atoms with E-state index in [9.17, 15) is 9.59 Å². The Bertz CT molecular complexity index is 477. The quantitative estimate of drug-likeness (QED) is 0.775. The predicted octanol–water partition coefficient (Wildman–Crippen LogP) is 3.31. The van der Waals surface area contributed by atoms with Crippen LogP contribution in [0.5, 0.6) is 0 Å². The number of carbonyl (C=O) groups excluding carboxylic acids is 1. The van der Waals surface area contributed by atoms with E-state index in [2.05, 4.69) is 33.5 Å². The molecule has 0 heterocycles. The van der Waals surface area contributed by atoms with Crippen molar-refractivity contribution in [3.05, 3.63) is 28.2 Å². The standard InChI is InChI=1S/C13H17BrN2O3/c1-3-8(2)7-15-13(19)16-11-6-9(12(17)18)4-5-10(11)14/h4-6,8H,3,7H2,1-2H3,(H,17,18)(H2,15,16,19). The summed E-state index contributed by atoms with van der Waals surface area (Å²) in [6.07, 6.45) is 0.985. The molecule has 1 rings (SSSR count). The molecule has 1 aromatic carbocycles. The molecule has 5 nitrogen and oxygen atoms in total. The lowest BCUT2D eigenvalue weighted by molar-refractivity contribution is 0.0697. The molecule has 0 aliphatic rings. The molecule has 0 aromatic heterocycles. The number of nitrogens with one attached hydrogen (secondary N) is 2. The number of rotatable bonds is 5. The summed E-state index contributed by atoms with van der Waals surface area (Å²) in [4.78, 5) is 22.5. The number of anilines is 1. The first-order chi connectivity index (χ1) is 8.93. The molecule has 104 valence electrons. The molecule has 19 heavy (non-hydrogen) atoms. The van der Waals surface area contributed by atoms with Crippen molar-refractivity contribution >= 4 is 33.6 Å². The summed E-state index contributed by atoms with van der Waals surface area (Å²) in [7, 11) is 0. The summed E-state index contributed by atoms with van der Waals surface area (Å²) in [5.74, 6) is -0.630. The van der Waals surface area contributed by atoms with Crippen molar-refractivity contribution in [3.63, 3.8) is 0 Å². The van der Waals surface area contributed by atoms with Crippen molar-refractivity contribution in [2.24, 2.45) is 5.92 Å². The highest BCUT2D eigenvalue weighted by Crippen LogP contribution is 2.23. The minimum Gasteiger partial charge on any atom is -0.478 e. The summed E-state index contributed by atoms with van der Waals surface area (Å²) in [5, 5.41) is 14.3. The van der Waals surface area contributed by atoms with Crippen LogP contribution in [0.4, 0.5) is 10.5 Å². The van der Waals surface area contributed by atoms with Crippen LogP contribution in [0.3, 0.4) is 0 Å². The molecule has 0 bridgehead atoms. The summed E-state index contributed by atoms with van der Waals surface area (Å²) < 4.78 is 0.635. The summed E-state index contributed by atoms with van der Waals surface area (Å²) in [6.45, 7) is 4.68. The first-order valence-electron chi connectivity index (χ1n) is 6.01. The number of benzene rings is 1. The van der Waals surface area contributed by atoms with E-state index in [1.54, 1.807) is 6.07 Å². The Morgan fingerprint density at radius 2 is 2.11 bits per heavy atom. The Morgan fingerprint density at radius 3 is 2.68 bits per heavy atom. The van der Waals surface area contributed by atoms with Gasteiger partial charge in [0.05, 0.1) is 11.3 Å². The summed E-state index contributed by atoms with van der Waals surface area (Å²) >= 11 is 3.27. The first-order valence-corrected chi connectivity index (χ1v) is 6.81. The second-order valence-electron chi connectivity index (χ2n) is 4.35. The number of carbonyl (C=O) groups is 2. The van der Waals surface area contributed by atoms with Crippen molar-refractivity contribution in [2.75, 3.05) is 11.9 Å². The molecule has 0 saturated heterocycles. The number of carboxylic acids is 1. The van der Waals surface area contributed by atoms with Crippen LogP contribution >= 0.6 is 15.9 Å². The highest BCUT2D eigenvalue weighted by molar-refractivity contribution is 9.10. The number of aromatic carboxylic acids is 1. The Balaban J connectivity index is 2.68. The van der Waals surface area contributed by atoms with Crippen LogP contribution in [-0.2, 0) is 0 Å². The van der Waals surface area contributed by atoms with Gasteiger partial charge in [-0.3, -0.25) is 0 Å². The third-order valence-electron chi connectivity index (χ3n) is 2.77. The first kappa shape index (κ1) is 15.5. The fourth-order valence-electron chi connectivity index (χ4n) is 1.33. The number of urea groups is 1. The van der Waals surface area contributed by atoms with Crippen LogP contribution in [-0.4, -0.2) is 23.7 Å². The Labute approximate surface area is 120 Å². The molecule has 0 fully saturated rings. The molecular weight excluding hydrogens is 312 g/mol. The van der Waals surface area contributed by atoms with Crippen molar-refractivity contribution in [1.82, 2.24) is 5.32 Å². The normalized spacial score (nSPS) is 11.7. The highest BCUT2D eigenvalue weighted by Gasteiger charge is 2.10. The lowest BCUT2D eigenvalue weighted by atomic mass is 10.1. The molecule has 0 aliphatic heterocycles. The maximum Gasteiger partial charge on any atom is 0.335 e. The van der Waals surface area contributed by atoms with E-state index in [4.69, 9.17) is 5.11 Å². The van der Waals surface area contributed by atoms with Crippen LogP contribution < -0.4 is 10.6 Å². The second-order valence-corrected chi connectivity index (χ2v) is 5.20. The number of halogens is 1. The number of hydrogen-bond donors (Lipinski definition) is 3. The van der Waals surface area contributed by atoms with Gasteiger partial charge in [0.15, 0.2) is 0 Å². The molecule has 1 atom stereocenters. The van der Waals surface area contributed by atoms with Gasteiger partial charge in [-0.2, -0.15) is 0 Å². The molecule has 0 aliphatic carbocycles. The van der Waals surface area contributed by atoms with E-state index >= 15 is 0 Å². The molecule has 0 spiro atoms. The van der Waals surface area contributed by atoms with Crippen LogP contribution in [0.15, 0.2) is 22.7 Å². The zero-order chi connectivity index (χ0) is 14.4. The largest absolute Gasteiger partial charge is 0.478 e. The molecule has 0 saturated carbocycles. The molecule has 3 N–H and O–H groups in total. The monoisotopic (exact) mass is 328 g/mol. The van der Waals surface area contributed by atoms with Gasteiger partial charge >= 0.3 is 12.0 Å². The SMILES string of the molecule is CCC(C)CNC(=O)Nc1cc(C(=O)O)ccc1Br. The minimum atomic E-state index is -1.03. The van der Waals surface area contributed by atoms with Crippen molar-refractivity contribution < 1.29 is 14.7 Å². The predicted molar refractivity (Wildman–Crippen MR) is 77.6 cm³/mol. The Morgan fingerprint density at radius 1 is 1.42 bits per heavy atom. The Hall–Kier alpha value is -1.56. The van der Waals surface area contributed by atoms with Crippen LogP contribution in [0, 0.1) is 5.92 Å². The van der Waals surface area contributed by atoms with Crippen molar-refractivity contribution in [2.45, 2.75) is 20.3 Å². The van der Waals surface area contributed by atoms with Gasteiger partial charge in [-0.1, -0.05) is 20.3 Å². The molecule has 1 aromatic rings. The van der Waals surface area contributed by atoms with Gasteiger partial charge in [-0.15, -0.1) is 0 Å². The lowest BCUT2D eigenvalue weighted by Gasteiger charge is -2.12. The maximum absolute atomic E-state index is 11.7. The van der Waals surface area contributed by atoms with E-state index < -0.39 is 5.97 Å². The minimum absolute atomic E-state index is 0.125. The van der Waals surface area contributed by atoms with Crippen molar-refractivity contribution in [1.29, 1.82) is 0 Å². The van der Waals surface area contributed by atoms with E-state index in [0.29, 0.717) is 22.6 Å². The molecule has 1 unspecified atom stereocenters. The smallest absolute Gasteiger partial charge is 0.335 e. The number of carboxylic acid groups (broad SMARTS) is 1. The molecule has 0 radical (unpaired) electrons. The van der Waals surface area contributed by atoms with E-state index in [1.807, 2.05) is 6.92 Å². The van der Waals surface area contributed by atoms with Gasteiger partial charge < -0.3 is 15.7 Å². The van der Waals surface area contributed by atoms with Gasteiger partial charge in [-0.05, 0) is 40.0 Å². The van der Waals surface area contributed by atoms with E-state index in [-0.39, 0.29) is 11.6 Å². The summed E-state index contributed by atoms with van der Waals surface area (Å²) in [6, 6.07) is 4.13. The number of hydrogen-bond acceptors (Lipinski definition) is 2. The van der Waals surface area contributed by atoms with E-state index in [1.165, 1.54) is 12.1 Å². The van der Waals surface area contributed by atoms with Crippen LogP contribution in [0.2, 0.25) is 0 Å². The fourth-order valence-corrected chi connectivity index (χ4v) is 1.68. The zero-order valence-electron chi connectivity index (χ0n) is 10.9. The fraction of sp³-hybridized carbons (Fsp3) is 0.385. The third-order valence-corrected chi connectivity index (χ3v) is 3.46. The molecular formula is C13H17BrN2O3. The van der Waals surface area contributed by atoms with Gasteiger partial charge in [0.2, 0.25) is 0 Å². The zero-order valence-corrected chi connectivity index (χ0v) is 12.5. The van der Waals surface area contributed by atoms with Crippen LogP contribution in [0.25, 0.3) is 0 Å². The lowest BCUT2D eigenvalue weighted by Crippen LogP contribution is -2.32. The van der Waals surface area contributed by atoms with Gasteiger partial charge in [0.25, 0.3) is 0 Å². The average molecular weight is 329 g/mol. The maximum atomic E-state index is 11.7. The summed E-state index contributed by atoms with van der Waals surface area (Å²) in [5.41, 5.74) is 0.557. The second kappa shape index (κ2) is 7.13. The third kappa shape index (κ3) is 4.90. The molecule has 2 amide bonds.